The first-order valence-electron chi connectivity index (χ1n) is 13.8. The van der Waals surface area contributed by atoms with Crippen molar-refractivity contribution >= 4 is 43.5 Å². The van der Waals surface area contributed by atoms with E-state index in [-0.39, 0.29) is 43.8 Å². The van der Waals surface area contributed by atoms with Crippen molar-refractivity contribution in [3.63, 3.8) is 0 Å². The third-order valence-corrected chi connectivity index (χ3v) is 9.07. The lowest BCUT2D eigenvalue weighted by molar-refractivity contribution is -0.141. The van der Waals surface area contributed by atoms with E-state index in [1.807, 2.05) is 24.3 Å². The van der Waals surface area contributed by atoms with Crippen molar-refractivity contribution < 1.29 is 27.5 Å². The molecule has 1 N–H and O–H groups in total. The maximum absolute atomic E-state index is 13.5. The number of sulfonamides is 1. The number of nitrogens with zero attached hydrogens (tertiary/aromatic N) is 2. The van der Waals surface area contributed by atoms with Crippen molar-refractivity contribution in [1.29, 1.82) is 0 Å². The van der Waals surface area contributed by atoms with Crippen LogP contribution in [0.4, 0.5) is 5.69 Å². The first-order valence-corrected chi connectivity index (χ1v) is 16.5. The first-order chi connectivity index (χ1) is 19.1. The second-order valence-electron chi connectivity index (χ2n) is 10.4. The van der Waals surface area contributed by atoms with Gasteiger partial charge in [-0.05, 0) is 56.0 Å². The standard InChI is InChI=1S/C29H38BrN3O6S/c1-21(29(35)31-24-7-4-3-5-8-24)32(20-22-10-12-23(30)13-11-22)28(34)9-6-16-33(40(2,36)37)25-14-15-26-27(19-25)39-18-17-38-26/h10-15,19,21,24H,3-9,16-18,20H2,1-2H3,(H,31,35). The lowest BCUT2D eigenvalue weighted by Crippen LogP contribution is -2.50. The molecule has 1 aliphatic heterocycles. The van der Waals surface area contributed by atoms with E-state index >= 15 is 0 Å². The van der Waals surface area contributed by atoms with Gasteiger partial charge in [-0.1, -0.05) is 47.3 Å². The zero-order valence-electron chi connectivity index (χ0n) is 23.1. The average molecular weight is 637 g/mol. The fourth-order valence-electron chi connectivity index (χ4n) is 5.13. The van der Waals surface area contributed by atoms with E-state index in [9.17, 15) is 18.0 Å². The van der Waals surface area contributed by atoms with Crippen LogP contribution in [-0.4, -0.2) is 63.2 Å². The SMILES string of the molecule is CC(C(=O)NC1CCCCC1)N(Cc1ccc(Br)cc1)C(=O)CCCN(c1ccc2c(c1)OCCO2)S(C)(=O)=O. The van der Waals surface area contributed by atoms with Crippen LogP contribution in [0.1, 0.15) is 57.4 Å². The summed E-state index contributed by atoms with van der Waals surface area (Å²) in [4.78, 5) is 28.3. The van der Waals surface area contributed by atoms with E-state index in [0.29, 0.717) is 30.4 Å². The minimum atomic E-state index is -3.62. The van der Waals surface area contributed by atoms with Crippen LogP contribution in [0.15, 0.2) is 46.9 Å². The molecule has 218 valence electrons. The van der Waals surface area contributed by atoms with Crippen LogP contribution in [0.25, 0.3) is 0 Å². The molecule has 0 bridgehead atoms. The number of nitrogens with one attached hydrogen (secondary N) is 1. The highest BCUT2D eigenvalue weighted by molar-refractivity contribution is 9.10. The Morgan fingerprint density at radius 1 is 1.02 bits per heavy atom. The molecule has 0 radical (unpaired) electrons. The number of ether oxygens (including phenoxy) is 2. The Morgan fingerprint density at radius 3 is 2.38 bits per heavy atom. The van der Waals surface area contributed by atoms with Crippen LogP contribution in [0, 0.1) is 0 Å². The van der Waals surface area contributed by atoms with Crippen molar-refractivity contribution in [3.05, 3.63) is 52.5 Å². The molecule has 40 heavy (non-hydrogen) atoms. The smallest absolute Gasteiger partial charge is 0.242 e. The van der Waals surface area contributed by atoms with E-state index in [0.717, 1.165) is 42.0 Å². The summed E-state index contributed by atoms with van der Waals surface area (Å²) < 4.78 is 38.7. The van der Waals surface area contributed by atoms with Gasteiger partial charge < -0.3 is 19.7 Å². The van der Waals surface area contributed by atoms with Crippen LogP contribution >= 0.6 is 15.9 Å². The van der Waals surface area contributed by atoms with Gasteiger partial charge >= 0.3 is 0 Å². The number of carbonyl (C=O) groups is 2. The Hall–Kier alpha value is -2.79. The number of halogens is 1. The highest BCUT2D eigenvalue weighted by atomic mass is 79.9. The minimum absolute atomic E-state index is 0.0914. The topological polar surface area (TPSA) is 105 Å². The second kappa shape index (κ2) is 13.7. The van der Waals surface area contributed by atoms with Gasteiger partial charge in [0.15, 0.2) is 11.5 Å². The van der Waals surface area contributed by atoms with Crippen molar-refractivity contribution in [2.45, 2.75) is 70.5 Å². The van der Waals surface area contributed by atoms with Gasteiger partial charge in [-0.3, -0.25) is 13.9 Å². The van der Waals surface area contributed by atoms with E-state index in [1.165, 1.54) is 10.7 Å². The minimum Gasteiger partial charge on any atom is -0.486 e. The second-order valence-corrected chi connectivity index (χ2v) is 13.3. The number of amides is 2. The molecule has 1 saturated carbocycles. The zero-order chi connectivity index (χ0) is 28.7. The third-order valence-electron chi connectivity index (χ3n) is 7.35. The van der Waals surface area contributed by atoms with Crippen LogP contribution in [0.3, 0.4) is 0 Å². The van der Waals surface area contributed by atoms with Crippen LogP contribution < -0.4 is 19.1 Å². The molecule has 11 heteroatoms. The van der Waals surface area contributed by atoms with Crippen molar-refractivity contribution in [1.82, 2.24) is 10.2 Å². The number of fused-ring (bicyclic) bond motifs is 1. The molecule has 1 unspecified atom stereocenters. The van der Waals surface area contributed by atoms with Gasteiger partial charge in [-0.15, -0.1) is 0 Å². The predicted molar refractivity (Wildman–Crippen MR) is 158 cm³/mol. The summed E-state index contributed by atoms with van der Waals surface area (Å²) in [6.07, 6.45) is 6.82. The normalized spacial score (nSPS) is 16.2. The molecule has 2 aromatic rings. The predicted octanol–water partition coefficient (Wildman–Crippen LogP) is 4.63. The number of hydrogen-bond acceptors (Lipinski definition) is 6. The van der Waals surface area contributed by atoms with Crippen LogP contribution in [0.5, 0.6) is 11.5 Å². The quantitative estimate of drug-likeness (QED) is 0.386. The Balaban J connectivity index is 1.45. The molecule has 0 aromatic heterocycles. The Morgan fingerprint density at radius 2 is 1.70 bits per heavy atom. The number of benzene rings is 2. The van der Waals surface area contributed by atoms with Crippen molar-refractivity contribution in [2.75, 3.05) is 30.3 Å². The highest BCUT2D eigenvalue weighted by Gasteiger charge is 2.28. The molecule has 1 fully saturated rings. The lowest BCUT2D eigenvalue weighted by Gasteiger charge is -2.31. The maximum Gasteiger partial charge on any atom is 0.242 e. The molecular weight excluding hydrogens is 598 g/mol. The molecule has 4 rings (SSSR count). The molecule has 1 atom stereocenters. The number of hydrogen-bond donors (Lipinski definition) is 1. The molecule has 2 aromatic carbocycles. The fraction of sp³-hybridized carbons (Fsp3) is 0.517. The first kappa shape index (κ1) is 30.2. The molecular formula is C29H38BrN3O6S. The van der Waals surface area contributed by atoms with Gasteiger partial charge in [0.25, 0.3) is 0 Å². The summed E-state index contributed by atoms with van der Waals surface area (Å²) in [6.45, 7) is 2.98. The van der Waals surface area contributed by atoms with Gasteiger partial charge in [0.05, 0.1) is 11.9 Å². The van der Waals surface area contributed by atoms with Crippen LogP contribution in [-0.2, 0) is 26.2 Å². The van der Waals surface area contributed by atoms with Crippen molar-refractivity contribution in [3.8, 4) is 11.5 Å². The third kappa shape index (κ3) is 8.13. The van der Waals surface area contributed by atoms with Crippen molar-refractivity contribution in [2.24, 2.45) is 0 Å². The Labute approximate surface area is 245 Å². The van der Waals surface area contributed by atoms with E-state index < -0.39 is 16.1 Å². The number of carbonyl (C=O) groups excluding carboxylic acids is 2. The van der Waals surface area contributed by atoms with Gasteiger partial charge in [0.2, 0.25) is 21.8 Å². The molecule has 0 saturated heterocycles. The maximum atomic E-state index is 13.5. The molecule has 1 heterocycles. The summed E-state index contributed by atoms with van der Waals surface area (Å²) in [6, 6.07) is 12.1. The van der Waals surface area contributed by atoms with E-state index in [4.69, 9.17) is 9.47 Å². The number of rotatable bonds is 11. The lowest BCUT2D eigenvalue weighted by atomic mass is 9.95. The Bertz CT molecular complexity index is 1280. The van der Waals surface area contributed by atoms with Gasteiger partial charge in [0.1, 0.15) is 19.3 Å². The Kier molecular flexibility index (Phi) is 10.3. The van der Waals surface area contributed by atoms with E-state index in [1.54, 1.807) is 30.0 Å². The summed E-state index contributed by atoms with van der Waals surface area (Å²) in [5.74, 6) is 0.700. The zero-order valence-corrected chi connectivity index (χ0v) is 25.5. The highest BCUT2D eigenvalue weighted by Crippen LogP contribution is 2.34. The molecule has 0 spiro atoms. The largest absolute Gasteiger partial charge is 0.486 e. The van der Waals surface area contributed by atoms with Gasteiger partial charge in [0, 0.05) is 36.1 Å². The monoisotopic (exact) mass is 635 g/mol. The van der Waals surface area contributed by atoms with Gasteiger partial charge in [-0.2, -0.15) is 0 Å². The summed E-state index contributed by atoms with van der Waals surface area (Å²) in [7, 11) is -3.62. The van der Waals surface area contributed by atoms with Gasteiger partial charge in [-0.25, -0.2) is 8.42 Å². The average Bonchev–Trinajstić information content (AvgIpc) is 2.94. The molecule has 9 nitrogen and oxygen atoms in total. The number of anilines is 1. The van der Waals surface area contributed by atoms with Crippen LogP contribution in [0.2, 0.25) is 0 Å². The fourth-order valence-corrected chi connectivity index (χ4v) is 6.35. The summed E-state index contributed by atoms with van der Waals surface area (Å²) >= 11 is 3.44. The molecule has 2 aliphatic rings. The summed E-state index contributed by atoms with van der Waals surface area (Å²) in [5.41, 5.74) is 1.36. The molecule has 2 amide bonds. The molecule has 1 aliphatic carbocycles. The summed E-state index contributed by atoms with van der Waals surface area (Å²) in [5, 5.41) is 3.14. The van der Waals surface area contributed by atoms with E-state index in [2.05, 4.69) is 21.2 Å².